The number of ether oxygens (including phenoxy) is 1. The van der Waals surface area contributed by atoms with Gasteiger partial charge in [0.15, 0.2) is 5.37 Å². The van der Waals surface area contributed by atoms with Crippen LogP contribution in [-0.4, -0.2) is 51.0 Å². The molecule has 3 N–H and O–H groups in total. The Bertz CT molecular complexity index is 1390. The monoisotopic (exact) mass is 492 g/mol. The Morgan fingerprint density at radius 3 is 2.51 bits per heavy atom. The maximum absolute atomic E-state index is 13.8. The molecule has 4 amide bonds. The summed E-state index contributed by atoms with van der Waals surface area (Å²) in [6, 6.07) is 17.8. The molecule has 10 heteroatoms. The van der Waals surface area contributed by atoms with Crippen LogP contribution in [0.2, 0.25) is 0 Å². The third-order valence-corrected chi connectivity index (χ3v) is 8.14. The second kappa shape index (κ2) is 8.95. The summed E-state index contributed by atoms with van der Waals surface area (Å²) in [5.74, 6) is 0.617. The van der Waals surface area contributed by atoms with Crippen LogP contribution in [0, 0.1) is 0 Å². The van der Waals surface area contributed by atoms with Crippen LogP contribution in [0.5, 0.6) is 5.75 Å². The minimum Gasteiger partial charge on any atom is -0.497 e. The number of rotatable bonds is 5. The highest BCUT2D eigenvalue weighted by molar-refractivity contribution is 7.92. The molecule has 0 saturated carbocycles. The molecule has 0 bridgehead atoms. The normalized spacial score (nSPS) is 16.9. The number of hydrogen-bond donors (Lipinski definition) is 3. The van der Waals surface area contributed by atoms with E-state index in [0.717, 1.165) is 28.3 Å². The molecule has 2 aliphatic heterocycles. The van der Waals surface area contributed by atoms with Crippen LogP contribution in [-0.2, 0) is 16.3 Å². The largest absolute Gasteiger partial charge is 0.497 e. The number of fused-ring (bicyclic) bond motifs is 1. The predicted octanol–water partition coefficient (Wildman–Crippen LogP) is 3.69. The Labute approximate surface area is 203 Å². The van der Waals surface area contributed by atoms with Gasteiger partial charge in [-0.1, -0.05) is 30.3 Å². The highest BCUT2D eigenvalue weighted by Crippen LogP contribution is 2.39. The van der Waals surface area contributed by atoms with Crippen LogP contribution in [0.15, 0.2) is 71.6 Å². The van der Waals surface area contributed by atoms with Crippen LogP contribution in [0.1, 0.15) is 5.56 Å². The Kier molecular flexibility index (Phi) is 5.81. The number of nitrogens with zero attached hydrogens (tertiary/aromatic N) is 1. The summed E-state index contributed by atoms with van der Waals surface area (Å²) in [7, 11) is -2.49. The highest BCUT2D eigenvalue weighted by Gasteiger charge is 2.42. The van der Waals surface area contributed by atoms with Gasteiger partial charge in [0.05, 0.1) is 18.6 Å². The topological polar surface area (TPSA) is 117 Å². The average molecular weight is 493 g/mol. The number of urea groups is 2. The molecular weight excluding hydrogens is 468 g/mol. The zero-order valence-electron chi connectivity index (χ0n) is 18.9. The fraction of sp³-hybridized carbons (Fsp3) is 0.200. The van der Waals surface area contributed by atoms with Crippen molar-refractivity contribution < 1.29 is 22.7 Å². The van der Waals surface area contributed by atoms with E-state index < -0.39 is 27.3 Å². The Morgan fingerprint density at radius 1 is 1.06 bits per heavy atom. The van der Waals surface area contributed by atoms with E-state index in [1.54, 1.807) is 36.4 Å². The van der Waals surface area contributed by atoms with Gasteiger partial charge in [0.1, 0.15) is 5.75 Å². The third kappa shape index (κ3) is 4.17. The Balaban J connectivity index is 1.43. The summed E-state index contributed by atoms with van der Waals surface area (Å²) < 4.78 is 32.6. The van der Waals surface area contributed by atoms with Crippen molar-refractivity contribution in [3.8, 4) is 16.9 Å². The minimum absolute atomic E-state index is 0.133. The van der Waals surface area contributed by atoms with E-state index in [9.17, 15) is 18.0 Å². The van der Waals surface area contributed by atoms with Crippen LogP contribution >= 0.6 is 0 Å². The standard InChI is InChI=1S/C25H24N4O5S/c1-34-18-9-7-17(8-10-18)27-24(30)29-15-22(28-25(29)31)35(32,33)21-12-11-20-19(13-14-26-20)23(21)16-5-3-2-4-6-16/h2-12,22,26H,13-15H2,1H3,(H,27,30)(H,28,31). The molecule has 0 aromatic heterocycles. The first-order valence-corrected chi connectivity index (χ1v) is 12.7. The molecule has 2 aliphatic rings. The summed E-state index contributed by atoms with van der Waals surface area (Å²) in [4.78, 5) is 26.3. The smallest absolute Gasteiger partial charge is 0.330 e. The molecule has 1 saturated heterocycles. The van der Waals surface area contributed by atoms with Gasteiger partial charge in [0.25, 0.3) is 0 Å². The number of amides is 4. The number of carbonyl (C=O) groups is 2. The third-order valence-electron chi connectivity index (χ3n) is 6.17. The van der Waals surface area contributed by atoms with Gasteiger partial charge >= 0.3 is 12.1 Å². The highest BCUT2D eigenvalue weighted by atomic mass is 32.2. The number of imide groups is 1. The Hall–Kier alpha value is -4.05. The molecule has 35 heavy (non-hydrogen) atoms. The van der Waals surface area contributed by atoms with E-state index in [1.807, 2.05) is 30.3 Å². The first-order chi connectivity index (χ1) is 16.9. The molecule has 9 nitrogen and oxygen atoms in total. The molecule has 0 radical (unpaired) electrons. The molecule has 5 rings (SSSR count). The molecule has 1 unspecified atom stereocenters. The lowest BCUT2D eigenvalue weighted by Crippen LogP contribution is -2.37. The van der Waals surface area contributed by atoms with Crippen molar-refractivity contribution in [3.05, 3.63) is 72.3 Å². The predicted molar refractivity (Wildman–Crippen MR) is 132 cm³/mol. The van der Waals surface area contributed by atoms with Crippen molar-refractivity contribution >= 4 is 33.3 Å². The quantitative estimate of drug-likeness (QED) is 0.500. The summed E-state index contributed by atoms with van der Waals surface area (Å²) in [6.07, 6.45) is 0.691. The lowest BCUT2D eigenvalue weighted by atomic mass is 9.98. The van der Waals surface area contributed by atoms with E-state index in [4.69, 9.17) is 4.74 Å². The number of methoxy groups -OCH3 is 1. The van der Waals surface area contributed by atoms with Gasteiger partial charge in [-0.15, -0.1) is 0 Å². The molecule has 1 atom stereocenters. The average Bonchev–Trinajstić information content (AvgIpc) is 3.51. The van der Waals surface area contributed by atoms with Crippen molar-refractivity contribution in [2.24, 2.45) is 0 Å². The lowest BCUT2D eigenvalue weighted by Gasteiger charge is -2.18. The molecule has 1 fully saturated rings. The van der Waals surface area contributed by atoms with Gasteiger partial charge in [-0.2, -0.15) is 0 Å². The van der Waals surface area contributed by atoms with Gasteiger partial charge < -0.3 is 20.7 Å². The van der Waals surface area contributed by atoms with E-state index in [-0.39, 0.29) is 11.4 Å². The van der Waals surface area contributed by atoms with Gasteiger partial charge in [0.2, 0.25) is 9.84 Å². The van der Waals surface area contributed by atoms with Gasteiger partial charge in [-0.25, -0.2) is 22.9 Å². The van der Waals surface area contributed by atoms with Crippen LogP contribution < -0.4 is 20.7 Å². The molecule has 180 valence electrons. The van der Waals surface area contributed by atoms with E-state index in [2.05, 4.69) is 16.0 Å². The Morgan fingerprint density at radius 2 is 1.80 bits per heavy atom. The van der Waals surface area contributed by atoms with Crippen LogP contribution in [0.3, 0.4) is 0 Å². The molecule has 0 spiro atoms. The maximum Gasteiger partial charge on any atom is 0.330 e. The molecule has 3 aromatic rings. The number of benzene rings is 3. The second-order valence-electron chi connectivity index (χ2n) is 8.26. The van der Waals surface area contributed by atoms with Crippen molar-refractivity contribution in [2.75, 3.05) is 30.8 Å². The van der Waals surface area contributed by atoms with E-state index in [0.29, 0.717) is 23.4 Å². The summed E-state index contributed by atoms with van der Waals surface area (Å²) in [5, 5.41) is 7.11. The van der Waals surface area contributed by atoms with Crippen molar-refractivity contribution in [1.29, 1.82) is 0 Å². The first-order valence-electron chi connectivity index (χ1n) is 11.1. The number of sulfone groups is 1. The fourth-order valence-electron chi connectivity index (χ4n) is 4.41. The molecule has 0 aliphatic carbocycles. The fourth-order valence-corrected chi connectivity index (χ4v) is 6.10. The van der Waals surface area contributed by atoms with Crippen LogP contribution in [0.4, 0.5) is 21.0 Å². The zero-order valence-corrected chi connectivity index (χ0v) is 19.8. The van der Waals surface area contributed by atoms with Crippen molar-refractivity contribution in [3.63, 3.8) is 0 Å². The van der Waals surface area contributed by atoms with Crippen LogP contribution in [0.25, 0.3) is 11.1 Å². The number of hydrogen-bond acceptors (Lipinski definition) is 6. The number of anilines is 2. The summed E-state index contributed by atoms with van der Waals surface area (Å²) in [5.41, 5.74) is 3.69. The number of carbonyl (C=O) groups excluding carboxylic acids is 2. The van der Waals surface area contributed by atoms with Gasteiger partial charge in [0, 0.05) is 23.5 Å². The summed E-state index contributed by atoms with van der Waals surface area (Å²) in [6.45, 7) is 0.408. The second-order valence-corrected chi connectivity index (χ2v) is 10.4. The zero-order chi connectivity index (χ0) is 24.6. The molecule has 2 heterocycles. The maximum atomic E-state index is 13.8. The van der Waals surface area contributed by atoms with Crippen molar-refractivity contribution in [2.45, 2.75) is 16.7 Å². The van der Waals surface area contributed by atoms with Gasteiger partial charge in [-0.3, -0.25) is 0 Å². The summed E-state index contributed by atoms with van der Waals surface area (Å²) >= 11 is 0. The van der Waals surface area contributed by atoms with E-state index >= 15 is 0 Å². The number of nitrogens with one attached hydrogen (secondary N) is 3. The lowest BCUT2D eigenvalue weighted by molar-refractivity contribution is 0.207. The van der Waals surface area contributed by atoms with E-state index in [1.165, 1.54) is 7.11 Å². The SMILES string of the molecule is COc1ccc(NC(=O)N2CC(S(=O)(=O)c3ccc4c(c3-c3ccccc3)CCN4)NC2=O)cc1. The minimum atomic E-state index is -4.02. The molecule has 3 aromatic carbocycles. The molecular formula is C25H24N4O5S. The first kappa shape index (κ1) is 22.7. The van der Waals surface area contributed by atoms with Crippen molar-refractivity contribution in [1.82, 2.24) is 10.2 Å². The van der Waals surface area contributed by atoms with Gasteiger partial charge in [-0.05, 0) is 53.9 Å².